The molecule has 1 amide bonds. The van der Waals surface area contributed by atoms with Crippen molar-refractivity contribution < 1.29 is 29.3 Å². The Morgan fingerprint density at radius 1 is 1.50 bits per heavy atom. The van der Waals surface area contributed by atoms with Gasteiger partial charge in [-0.2, -0.15) is 0 Å². The summed E-state index contributed by atoms with van der Waals surface area (Å²) in [7, 11) is 0. The molecule has 1 rings (SSSR count). The normalized spacial score (nSPS) is 16.5. The first-order chi connectivity index (χ1) is 8.53. The maximum Gasteiger partial charge on any atom is 0.410 e. The van der Waals surface area contributed by atoms with Gasteiger partial charge in [-0.15, -0.1) is 0 Å². The number of carboxylic acids is 1. The van der Waals surface area contributed by atoms with Crippen molar-refractivity contribution in [2.75, 3.05) is 39.5 Å². The highest BCUT2D eigenvalue weighted by Gasteiger charge is 2.41. The Morgan fingerprint density at radius 3 is 2.56 bits per heavy atom. The number of ether oxygens (including phenoxy) is 2. The van der Waals surface area contributed by atoms with Gasteiger partial charge < -0.3 is 19.7 Å². The molecule has 0 bridgehead atoms. The van der Waals surface area contributed by atoms with Gasteiger partial charge in [-0.3, -0.25) is 9.69 Å². The Hall–Kier alpha value is -1.60. The predicted octanol–water partition coefficient (Wildman–Crippen LogP) is -0.295. The molecule has 0 spiro atoms. The molecule has 7 nitrogen and oxygen atoms in total. The van der Waals surface area contributed by atoms with Gasteiger partial charge in [-0.25, -0.2) is 4.79 Å². The van der Waals surface area contributed by atoms with E-state index < -0.39 is 24.0 Å². The van der Waals surface area contributed by atoms with Crippen molar-refractivity contribution in [1.29, 1.82) is 0 Å². The van der Waals surface area contributed by atoms with Gasteiger partial charge in [0.2, 0.25) is 0 Å². The number of aliphatic carboxylic acids is 1. The monoisotopic (exact) mass is 259 g/mol. The second-order valence-electron chi connectivity index (χ2n) is 4.27. The van der Waals surface area contributed by atoms with Crippen molar-refractivity contribution in [2.45, 2.75) is 0 Å². The fraction of sp³-hybridized carbons (Fsp3) is 0.636. The average Bonchev–Trinajstić information content (AvgIpc) is 2.28. The van der Waals surface area contributed by atoms with Crippen molar-refractivity contribution in [1.82, 2.24) is 4.90 Å². The number of rotatable bonds is 7. The van der Waals surface area contributed by atoms with Gasteiger partial charge in [0.15, 0.2) is 0 Å². The lowest BCUT2D eigenvalue weighted by Crippen LogP contribution is -2.55. The fourth-order valence-electron chi connectivity index (χ4n) is 1.60. The summed E-state index contributed by atoms with van der Waals surface area (Å²) < 4.78 is 9.79. The highest BCUT2D eigenvalue weighted by Crippen LogP contribution is 2.28. The Balaban J connectivity index is 2.62. The summed E-state index contributed by atoms with van der Waals surface area (Å²) in [5.74, 6) is -1.14. The van der Waals surface area contributed by atoms with Crippen molar-refractivity contribution in [3.05, 3.63) is 12.7 Å². The van der Waals surface area contributed by atoms with Crippen LogP contribution in [-0.2, 0) is 14.3 Å². The molecule has 1 heterocycles. The largest absolute Gasteiger partial charge is 0.480 e. The number of aliphatic hydroxyl groups excluding tert-OH is 1. The third-order valence-electron chi connectivity index (χ3n) is 2.59. The predicted molar refractivity (Wildman–Crippen MR) is 61.1 cm³/mol. The van der Waals surface area contributed by atoms with Gasteiger partial charge in [0, 0.05) is 6.54 Å². The fourth-order valence-corrected chi connectivity index (χ4v) is 1.60. The van der Waals surface area contributed by atoms with Gasteiger partial charge in [0.1, 0.15) is 13.2 Å². The van der Waals surface area contributed by atoms with E-state index in [0.29, 0.717) is 13.2 Å². The Kier molecular flexibility index (Phi) is 5.11. The van der Waals surface area contributed by atoms with Crippen LogP contribution in [0.3, 0.4) is 0 Å². The van der Waals surface area contributed by atoms with E-state index in [1.807, 2.05) is 0 Å². The van der Waals surface area contributed by atoms with Crippen LogP contribution in [0.25, 0.3) is 0 Å². The first-order valence-corrected chi connectivity index (χ1v) is 5.46. The molecular formula is C11H17NO6. The molecule has 2 N–H and O–H groups in total. The molecule has 7 heteroatoms. The topological polar surface area (TPSA) is 96.3 Å². The van der Waals surface area contributed by atoms with Crippen molar-refractivity contribution in [3.8, 4) is 0 Å². The van der Waals surface area contributed by atoms with Gasteiger partial charge in [0.05, 0.1) is 25.2 Å². The molecular weight excluding hydrogens is 242 g/mol. The van der Waals surface area contributed by atoms with E-state index in [-0.39, 0.29) is 19.8 Å². The van der Waals surface area contributed by atoms with E-state index in [9.17, 15) is 14.7 Å². The molecule has 102 valence electrons. The molecule has 0 atom stereocenters. The Morgan fingerprint density at radius 2 is 2.17 bits per heavy atom. The SMILES string of the molecule is C=CCOC(=O)N(CC(=O)O)CC1(CO)COC1. The zero-order chi connectivity index (χ0) is 13.6. The van der Waals surface area contributed by atoms with E-state index in [0.717, 1.165) is 4.90 Å². The molecule has 18 heavy (non-hydrogen) atoms. The number of aliphatic hydroxyl groups is 1. The average molecular weight is 259 g/mol. The van der Waals surface area contributed by atoms with Gasteiger partial charge in [-0.1, -0.05) is 12.7 Å². The van der Waals surface area contributed by atoms with Crippen LogP contribution < -0.4 is 0 Å². The van der Waals surface area contributed by atoms with Crippen LogP contribution in [0.5, 0.6) is 0 Å². The molecule has 0 aromatic rings. The number of carboxylic acid groups (broad SMARTS) is 1. The molecule has 1 aliphatic rings. The molecule has 0 radical (unpaired) electrons. The minimum atomic E-state index is -1.14. The van der Waals surface area contributed by atoms with Crippen molar-refractivity contribution in [2.24, 2.45) is 5.41 Å². The first kappa shape index (κ1) is 14.5. The first-order valence-electron chi connectivity index (χ1n) is 5.46. The molecule has 0 aliphatic carbocycles. The Bertz CT molecular complexity index is 320. The molecule has 0 saturated carbocycles. The highest BCUT2D eigenvalue weighted by molar-refractivity contribution is 5.76. The Labute approximate surface area is 105 Å². The lowest BCUT2D eigenvalue weighted by atomic mass is 9.86. The molecule has 0 aromatic carbocycles. The highest BCUT2D eigenvalue weighted by atomic mass is 16.6. The zero-order valence-corrected chi connectivity index (χ0v) is 10.0. The maximum atomic E-state index is 11.6. The third-order valence-corrected chi connectivity index (χ3v) is 2.59. The van der Waals surface area contributed by atoms with Crippen LogP contribution >= 0.6 is 0 Å². The third kappa shape index (κ3) is 3.71. The van der Waals surface area contributed by atoms with Crippen LogP contribution in [0.4, 0.5) is 4.79 Å². The number of carbonyl (C=O) groups is 2. The van der Waals surface area contributed by atoms with Crippen LogP contribution in [0, 0.1) is 5.41 Å². The smallest absolute Gasteiger partial charge is 0.410 e. The second kappa shape index (κ2) is 6.36. The summed E-state index contributed by atoms with van der Waals surface area (Å²) >= 11 is 0. The maximum absolute atomic E-state index is 11.6. The summed E-state index contributed by atoms with van der Waals surface area (Å²) in [6.45, 7) is 3.46. The van der Waals surface area contributed by atoms with Crippen LogP contribution in [-0.4, -0.2) is 66.7 Å². The summed E-state index contributed by atoms with van der Waals surface area (Å²) in [5.41, 5.74) is -0.581. The van der Waals surface area contributed by atoms with Gasteiger partial charge in [0.25, 0.3) is 0 Å². The molecule has 0 unspecified atom stereocenters. The van der Waals surface area contributed by atoms with Crippen LogP contribution in [0.15, 0.2) is 12.7 Å². The minimum Gasteiger partial charge on any atom is -0.480 e. The summed E-state index contributed by atoms with van der Waals surface area (Å²) in [4.78, 5) is 23.4. The van der Waals surface area contributed by atoms with Crippen LogP contribution in [0.2, 0.25) is 0 Å². The number of nitrogens with zero attached hydrogens (tertiary/aromatic N) is 1. The van der Waals surface area contributed by atoms with Crippen molar-refractivity contribution in [3.63, 3.8) is 0 Å². The summed E-state index contributed by atoms with van der Waals surface area (Å²) in [6.07, 6.45) is 0.655. The summed E-state index contributed by atoms with van der Waals surface area (Å²) in [5, 5.41) is 18.0. The number of hydrogen-bond donors (Lipinski definition) is 2. The van der Waals surface area contributed by atoms with E-state index in [1.165, 1.54) is 6.08 Å². The van der Waals surface area contributed by atoms with Crippen LogP contribution in [0.1, 0.15) is 0 Å². The van der Waals surface area contributed by atoms with E-state index in [1.54, 1.807) is 0 Å². The molecule has 1 aliphatic heterocycles. The van der Waals surface area contributed by atoms with E-state index >= 15 is 0 Å². The standard InChI is InChI=1S/C11H17NO6/c1-2-3-18-10(16)12(4-9(14)15)5-11(6-13)7-17-8-11/h2,13H,1,3-8H2,(H,14,15). The second-order valence-corrected chi connectivity index (χ2v) is 4.27. The van der Waals surface area contributed by atoms with Crippen molar-refractivity contribution >= 4 is 12.1 Å². The minimum absolute atomic E-state index is 0.0115. The van der Waals surface area contributed by atoms with Gasteiger partial charge >= 0.3 is 12.1 Å². The van der Waals surface area contributed by atoms with E-state index in [2.05, 4.69) is 6.58 Å². The number of amides is 1. The quantitative estimate of drug-likeness (QED) is 0.610. The number of carbonyl (C=O) groups excluding carboxylic acids is 1. The molecule has 0 aromatic heterocycles. The molecule has 1 saturated heterocycles. The molecule has 1 fully saturated rings. The van der Waals surface area contributed by atoms with Gasteiger partial charge in [-0.05, 0) is 0 Å². The lowest BCUT2D eigenvalue weighted by molar-refractivity contribution is -0.152. The number of hydrogen-bond acceptors (Lipinski definition) is 5. The lowest BCUT2D eigenvalue weighted by Gasteiger charge is -2.42. The van der Waals surface area contributed by atoms with E-state index in [4.69, 9.17) is 14.6 Å². The summed E-state index contributed by atoms with van der Waals surface area (Å²) in [6, 6.07) is 0. The zero-order valence-electron chi connectivity index (χ0n) is 10.0.